The van der Waals surface area contributed by atoms with E-state index < -0.39 is 11.9 Å². The summed E-state index contributed by atoms with van der Waals surface area (Å²) in [6, 6.07) is 0.896. The maximum atomic E-state index is 12.8. The average Bonchev–Trinajstić information content (AvgIpc) is 2.91. The molecule has 2 aromatic heterocycles. The van der Waals surface area contributed by atoms with Crippen molar-refractivity contribution < 1.29 is 18.3 Å². The van der Waals surface area contributed by atoms with Crippen LogP contribution in [0.2, 0.25) is 0 Å². The summed E-state index contributed by atoms with van der Waals surface area (Å²) in [6.07, 6.45) is 1.07. The van der Waals surface area contributed by atoms with Crippen LogP contribution in [0, 0.1) is 0 Å². The predicted molar refractivity (Wildman–Crippen MR) is 70.1 cm³/mol. The lowest BCUT2D eigenvalue weighted by atomic mass is 10.0. The monoisotopic (exact) mass is 300 g/mol. The molecule has 3 heterocycles. The lowest BCUT2D eigenvalue weighted by Gasteiger charge is -2.35. The van der Waals surface area contributed by atoms with Crippen molar-refractivity contribution in [1.29, 1.82) is 0 Å². The minimum Gasteiger partial charge on any atom is -0.394 e. The van der Waals surface area contributed by atoms with Crippen molar-refractivity contribution in [2.45, 2.75) is 31.5 Å². The van der Waals surface area contributed by atoms with Gasteiger partial charge in [-0.15, -0.1) is 0 Å². The number of hydrogen-bond donors (Lipinski definition) is 1. The number of aromatic nitrogens is 3. The Kier molecular flexibility index (Phi) is 3.48. The van der Waals surface area contributed by atoms with E-state index in [1.165, 1.54) is 16.9 Å². The van der Waals surface area contributed by atoms with Crippen LogP contribution in [0.15, 0.2) is 18.5 Å². The summed E-state index contributed by atoms with van der Waals surface area (Å²) in [4.78, 5) is 6.09. The molecule has 1 fully saturated rings. The van der Waals surface area contributed by atoms with E-state index in [0.717, 1.165) is 25.3 Å². The zero-order valence-corrected chi connectivity index (χ0v) is 11.2. The van der Waals surface area contributed by atoms with Gasteiger partial charge in [0.25, 0.3) is 0 Å². The molecule has 1 aliphatic heterocycles. The highest BCUT2D eigenvalue weighted by molar-refractivity contribution is 5.69. The van der Waals surface area contributed by atoms with E-state index in [1.807, 2.05) is 4.90 Å². The molecule has 0 aliphatic carbocycles. The summed E-state index contributed by atoms with van der Waals surface area (Å²) >= 11 is 0. The van der Waals surface area contributed by atoms with E-state index in [4.69, 9.17) is 0 Å². The molecular weight excluding hydrogens is 285 g/mol. The van der Waals surface area contributed by atoms with Crippen LogP contribution in [-0.2, 0) is 6.18 Å². The predicted octanol–water partition coefficient (Wildman–Crippen LogP) is 2.10. The first-order valence-electron chi connectivity index (χ1n) is 6.80. The molecule has 2 aromatic rings. The van der Waals surface area contributed by atoms with Gasteiger partial charge in [0.05, 0.1) is 12.6 Å². The summed E-state index contributed by atoms with van der Waals surface area (Å²) in [5.41, 5.74) is -0.625. The van der Waals surface area contributed by atoms with Gasteiger partial charge in [0, 0.05) is 25.0 Å². The lowest BCUT2D eigenvalue weighted by molar-refractivity contribution is -0.141. The van der Waals surface area contributed by atoms with Crippen molar-refractivity contribution in [3.8, 4) is 0 Å². The van der Waals surface area contributed by atoms with Gasteiger partial charge in [-0.1, -0.05) is 0 Å². The fraction of sp³-hybridized carbons (Fsp3) is 0.538. The van der Waals surface area contributed by atoms with Crippen LogP contribution in [0.1, 0.15) is 25.0 Å². The molecule has 3 rings (SSSR count). The molecule has 0 amide bonds. The first-order valence-corrected chi connectivity index (χ1v) is 6.80. The number of nitrogens with zero attached hydrogens (tertiary/aromatic N) is 4. The Morgan fingerprint density at radius 3 is 2.86 bits per heavy atom. The molecule has 1 saturated heterocycles. The summed E-state index contributed by atoms with van der Waals surface area (Å²) in [5, 5.41) is 13.0. The van der Waals surface area contributed by atoms with Gasteiger partial charge < -0.3 is 10.0 Å². The molecular formula is C13H15F3N4O. The molecule has 114 valence electrons. The minimum atomic E-state index is -4.48. The number of alkyl halides is 3. The van der Waals surface area contributed by atoms with E-state index >= 15 is 0 Å². The Hall–Kier alpha value is -1.83. The van der Waals surface area contributed by atoms with Crippen molar-refractivity contribution >= 4 is 11.3 Å². The molecule has 1 aliphatic rings. The summed E-state index contributed by atoms with van der Waals surface area (Å²) < 4.78 is 39.6. The fourth-order valence-electron chi connectivity index (χ4n) is 2.74. The third-order valence-corrected chi connectivity index (χ3v) is 3.77. The van der Waals surface area contributed by atoms with Crippen LogP contribution in [0.3, 0.4) is 0 Å². The zero-order chi connectivity index (χ0) is 15.0. The number of hydrogen-bond acceptors (Lipinski definition) is 4. The van der Waals surface area contributed by atoms with Crippen molar-refractivity contribution in [2.75, 3.05) is 18.1 Å². The second-order valence-electron chi connectivity index (χ2n) is 5.13. The van der Waals surface area contributed by atoms with Crippen molar-refractivity contribution in [3.05, 3.63) is 24.2 Å². The molecule has 21 heavy (non-hydrogen) atoms. The van der Waals surface area contributed by atoms with Crippen molar-refractivity contribution in [2.24, 2.45) is 0 Å². The Labute approximate surface area is 119 Å². The van der Waals surface area contributed by atoms with Gasteiger partial charge in [0.1, 0.15) is 5.52 Å². The minimum absolute atomic E-state index is 0.0387. The molecule has 5 nitrogen and oxygen atoms in total. The number of rotatable bonds is 2. The number of anilines is 1. The van der Waals surface area contributed by atoms with Gasteiger partial charge >= 0.3 is 6.18 Å². The number of piperidine rings is 1. The van der Waals surface area contributed by atoms with E-state index in [2.05, 4.69) is 10.1 Å². The molecule has 0 saturated carbocycles. The second kappa shape index (κ2) is 5.18. The van der Waals surface area contributed by atoms with E-state index in [9.17, 15) is 18.3 Å². The molecule has 0 spiro atoms. The van der Waals surface area contributed by atoms with Crippen LogP contribution >= 0.6 is 0 Å². The summed E-state index contributed by atoms with van der Waals surface area (Å²) in [6.45, 7) is 0.632. The molecule has 1 unspecified atom stereocenters. The third-order valence-electron chi connectivity index (χ3n) is 3.77. The summed E-state index contributed by atoms with van der Waals surface area (Å²) in [5.74, 6) is 0.444. The van der Waals surface area contributed by atoms with Gasteiger partial charge in [-0.05, 0) is 19.3 Å². The molecule has 0 radical (unpaired) electrons. The van der Waals surface area contributed by atoms with Gasteiger partial charge in [-0.25, -0.2) is 9.50 Å². The molecule has 8 heteroatoms. The quantitative estimate of drug-likeness (QED) is 0.923. The average molecular weight is 300 g/mol. The first-order chi connectivity index (χ1) is 10.0. The summed E-state index contributed by atoms with van der Waals surface area (Å²) in [7, 11) is 0. The normalized spacial score (nSPS) is 20.2. The lowest BCUT2D eigenvalue weighted by Crippen LogP contribution is -2.42. The topological polar surface area (TPSA) is 53.7 Å². The Bertz CT molecular complexity index is 640. The standard InChI is InChI=1S/C13H15F3N4O/c14-13(15,16)11-7-10-12(17-4-6-20(10)18-11)19-5-2-1-3-9(19)8-21/h4,6-7,9,21H,1-3,5,8H2. The van der Waals surface area contributed by atoms with Crippen LogP contribution in [0.4, 0.5) is 19.0 Å². The highest BCUT2D eigenvalue weighted by atomic mass is 19.4. The van der Waals surface area contributed by atoms with Crippen LogP contribution in [-0.4, -0.2) is 38.9 Å². The highest BCUT2D eigenvalue weighted by Crippen LogP contribution is 2.32. The van der Waals surface area contributed by atoms with E-state index in [0.29, 0.717) is 17.9 Å². The highest BCUT2D eigenvalue weighted by Gasteiger charge is 2.35. The van der Waals surface area contributed by atoms with E-state index in [-0.39, 0.29) is 12.6 Å². The van der Waals surface area contributed by atoms with Gasteiger partial charge in [0.15, 0.2) is 11.5 Å². The number of aliphatic hydroxyl groups excluding tert-OH is 1. The Morgan fingerprint density at radius 1 is 1.33 bits per heavy atom. The maximum Gasteiger partial charge on any atom is 0.435 e. The van der Waals surface area contributed by atoms with Crippen molar-refractivity contribution in [3.63, 3.8) is 0 Å². The second-order valence-corrected chi connectivity index (χ2v) is 5.13. The molecule has 1 N–H and O–H groups in total. The van der Waals surface area contributed by atoms with Crippen LogP contribution < -0.4 is 4.90 Å². The number of fused-ring (bicyclic) bond motifs is 1. The molecule has 0 aromatic carbocycles. The largest absolute Gasteiger partial charge is 0.435 e. The number of halogens is 3. The first kappa shape index (κ1) is 14.1. The fourth-order valence-corrected chi connectivity index (χ4v) is 2.74. The Balaban J connectivity index is 2.07. The number of aliphatic hydroxyl groups is 1. The third kappa shape index (κ3) is 2.55. The van der Waals surface area contributed by atoms with Gasteiger partial charge in [-0.2, -0.15) is 18.3 Å². The van der Waals surface area contributed by atoms with Crippen LogP contribution in [0.25, 0.3) is 5.52 Å². The zero-order valence-electron chi connectivity index (χ0n) is 11.2. The molecule has 1 atom stereocenters. The maximum absolute atomic E-state index is 12.8. The van der Waals surface area contributed by atoms with Gasteiger partial charge in [0.2, 0.25) is 0 Å². The SMILES string of the molecule is OCC1CCCCN1c1nccn2nc(C(F)(F)F)cc12. The van der Waals surface area contributed by atoms with E-state index in [1.54, 1.807) is 0 Å². The van der Waals surface area contributed by atoms with Gasteiger partial charge in [-0.3, -0.25) is 0 Å². The smallest absolute Gasteiger partial charge is 0.394 e. The van der Waals surface area contributed by atoms with Crippen molar-refractivity contribution in [1.82, 2.24) is 14.6 Å². The van der Waals surface area contributed by atoms with Crippen LogP contribution in [0.5, 0.6) is 0 Å². The Morgan fingerprint density at radius 2 is 2.14 bits per heavy atom. The molecule has 0 bridgehead atoms.